The smallest absolute Gasteiger partial charge is 0.336 e. The molecule has 0 aromatic carbocycles. The zero-order valence-electron chi connectivity index (χ0n) is 10.7. The predicted molar refractivity (Wildman–Crippen MR) is 72.3 cm³/mol. The average Bonchev–Trinajstić information content (AvgIpc) is 2.86. The van der Waals surface area contributed by atoms with Gasteiger partial charge in [-0.25, -0.2) is 4.79 Å². The Kier molecular flexibility index (Phi) is 3.52. The molecule has 0 aliphatic carbocycles. The Labute approximate surface area is 110 Å². The number of carboxylic acid groups (broad SMARTS) is 1. The molecule has 0 bridgehead atoms. The first-order valence-electron chi connectivity index (χ1n) is 5.90. The van der Waals surface area contributed by atoms with Crippen LogP contribution in [0.15, 0.2) is 11.4 Å². The van der Waals surface area contributed by atoms with Crippen LogP contribution in [0.4, 0.5) is 0 Å². The molecule has 4 nitrogen and oxygen atoms in total. The molecule has 0 saturated heterocycles. The van der Waals surface area contributed by atoms with Gasteiger partial charge in [0.15, 0.2) is 0 Å². The van der Waals surface area contributed by atoms with E-state index in [2.05, 4.69) is 12.0 Å². The normalized spacial score (nSPS) is 10.8. The molecule has 2 rings (SSSR count). The maximum atomic E-state index is 10.9. The van der Waals surface area contributed by atoms with Gasteiger partial charge >= 0.3 is 5.97 Å². The Morgan fingerprint density at radius 2 is 2.22 bits per heavy atom. The first kappa shape index (κ1) is 12.8. The third-order valence-electron chi connectivity index (χ3n) is 2.91. The fourth-order valence-corrected chi connectivity index (χ4v) is 3.09. The van der Waals surface area contributed by atoms with Gasteiger partial charge in [-0.15, -0.1) is 11.3 Å². The fraction of sp³-hybridized carbons (Fsp3) is 0.385. The highest BCUT2D eigenvalue weighted by atomic mass is 32.1. The van der Waals surface area contributed by atoms with Gasteiger partial charge in [0, 0.05) is 28.1 Å². The maximum Gasteiger partial charge on any atom is 0.336 e. The number of aromatic nitrogens is 2. The number of carbonyl (C=O) groups is 1. The molecule has 0 aliphatic heterocycles. The third-order valence-corrected chi connectivity index (χ3v) is 3.86. The molecule has 0 fully saturated rings. The highest BCUT2D eigenvalue weighted by Crippen LogP contribution is 2.32. The average molecular weight is 264 g/mol. The Hall–Kier alpha value is -1.62. The Balaban J connectivity index is 2.46. The molecule has 96 valence electrons. The van der Waals surface area contributed by atoms with Crippen LogP contribution in [0.3, 0.4) is 0 Å². The minimum atomic E-state index is -0.881. The molecule has 2 aromatic heterocycles. The van der Waals surface area contributed by atoms with Crippen molar-refractivity contribution in [3.8, 4) is 10.4 Å². The van der Waals surface area contributed by atoms with E-state index in [0.29, 0.717) is 5.56 Å². The summed E-state index contributed by atoms with van der Waals surface area (Å²) in [5, 5.41) is 15.1. The lowest BCUT2D eigenvalue weighted by Gasteiger charge is -2.02. The molecule has 0 radical (unpaired) electrons. The molecule has 0 atom stereocenters. The number of nitrogens with zero attached hydrogens (tertiary/aromatic N) is 2. The van der Waals surface area contributed by atoms with Crippen LogP contribution in [0.25, 0.3) is 10.4 Å². The van der Waals surface area contributed by atoms with Crippen LogP contribution in [0.5, 0.6) is 0 Å². The lowest BCUT2D eigenvalue weighted by molar-refractivity contribution is 0.0697. The van der Waals surface area contributed by atoms with Crippen molar-refractivity contribution in [1.29, 1.82) is 0 Å². The zero-order valence-corrected chi connectivity index (χ0v) is 11.5. The van der Waals surface area contributed by atoms with Crippen molar-refractivity contribution < 1.29 is 9.90 Å². The fourth-order valence-electron chi connectivity index (χ4n) is 2.06. The van der Waals surface area contributed by atoms with E-state index in [0.717, 1.165) is 34.8 Å². The molecule has 1 N–H and O–H groups in total. The van der Waals surface area contributed by atoms with Gasteiger partial charge in [-0.2, -0.15) is 5.10 Å². The number of hydrogen-bond acceptors (Lipinski definition) is 3. The molecule has 0 saturated carbocycles. The highest BCUT2D eigenvalue weighted by molar-refractivity contribution is 7.13. The van der Waals surface area contributed by atoms with Crippen molar-refractivity contribution in [2.75, 3.05) is 0 Å². The highest BCUT2D eigenvalue weighted by Gasteiger charge is 2.16. The molecule has 5 heteroatoms. The lowest BCUT2D eigenvalue weighted by Crippen LogP contribution is -2.01. The molecular weight excluding hydrogens is 248 g/mol. The first-order chi connectivity index (χ1) is 8.54. The molecule has 2 aromatic rings. The minimum absolute atomic E-state index is 0.344. The van der Waals surface area contributed by atoms with Gasteiger partial charge in [0.1, 0.15) is 0 Å². The van der Waals surface area contributed by atoms with Gasteiger partial charge in [-0.3, -0.25) is 4.68 Å². The van der Waals surface area contributed by atoms with Crippen LogP contribution in [0.1, 0.15) is 35.1 Å². The largest absolute Gasteiger partial charge is 0.478 e. The van der Waals surface area contributed by atoms with Crippen molar-refractivity contribution in [2.24, 2.45) is 0 Å². The van der Waals surface area contributed by atoms with Gasteiger partial charge in [0.05, 0.1) is 11.3 Å². The number of aryl methyl sites for hydroxylation is 2. The van der Waals surface area contributed by atoms with Crippen LogP contribution in [-0.4, -0.2) is 20.9 Å². The summed E-state index contributed by atoms with van der Waals surface area (Å²) in [6.07, 6.45) is 1.03. The molecule has 0 amide bonds. The van der Waals surface area contributed by atoms with E-state index >= 15 is 0 Å². The Morgan fingerprint density at radius 1 is 1.50 bits per heavy atom. The van der Waals surface area contributed by atoms with Crippen LogP contribution in [0.2, 0.25) is 0 Å². The first-order valence-corrected chi connectivity index (χ1v) is 6.78. The quantitative estimate of drug-likeness (QED) is 0.921. The van der Waals surface area contributed by atoms with Crippen molar-refractivity contribution in [3.63, 3.8) is 0 Å². The van der Waals surface area contributed by atoms with E-state index in [1.54, 1.807) is 11.4 Å². The Morgan fingerprint density at radius 3 is 2.78 bits per heavy atom. The molecule has 18 heavy (non-hydrogen) atoms. The van der Waals surface area contributed by atoms with Crippen LogP contribution in [0, 0.1) is 13.8 Å². The number of rotatable bonds is 4. The summed E-state index contributed by atoms with van der Waals surface area (Å²) >= 11 is 1.46. The summed E-state index contributed by atoms with van der Waals surface area (Å²) < 4.78 is 1.99. The number of hydrogen-bond donors (Lipinski definition) is 1. The molecule has 0 spiro atoms. The predicted octanol–water partition coefficient (Wildman–Crippen LogP) is 3.34. The summed E-state index contributed by atoms with van der Waals surface area (Å²) in [5.74, 6) is -0.881. The number of carboxylic acids is 1. The molecule has 0 unspecified atom stereocenters. The van der Waals surface area contributed by atoms with E-state index in [4.69, 9.17) is 5.11 Å². The van der Waals surface area contributed by atoms with Gasteiger partial charge in [0.2, 0.25) is 0 Å². The van der Waals surface area contributed by atoms with E-state index < -0.39 is 5.97 Å². The molecule has 0 aliphatic rings. The number of thiophene rings is 1. The van der Waals surface area contributed by atoms with Crippen LogP contribution >= 0.6 is 11.3 Å². The van der Waals surface area contributed by atoms with E-state index in [-0.39, 0.29) is 0 Å². The monoisotopic (exact) mass is 264 g/mol. The Bertz CT molecular complexity index is 584. The second-order valence-electron chi connectivity index (χ2n) is 4.27. The van der Waals surface area contributed by atoms with Crippen LogP contribution in [-0.2, 0) is 6.54 Å². The van der Waals surface area contributed by atoms with Crippen molar-refractivity contribution in [2.45, 2.75) is 33.7 Å². The maximum absolute atomic E-state index is 10.9. The second kappa shape index (κ2) is 4.94. The van der Waals surface area contributed by atoms with E-state index in [1.165, 1.54) is 11.3 Å². The standard InChI is InChI=1S/C13H16N2O2S/c1-4-5-15-9(3)12(8(2)14-15)11-6-10(7-18-11)13(16)17/h6-7H,4-5H2,1-3H3,(H,16,17). The van der Waals surface area contributed by atoms with Gasteiger partial charge < -0.3 is 5.11 Å². The zero-order chi connectivity index (χ0) is 13.3. The minimum Gasteiger partial charge on any atom is -0.478 e. The summed E-state index contributed by atoms with van der Waals surface area (Å²) in [6, 6.07) is 1.72. The number of aromatic carboxylic acids is 1. The van der Waals surface area contributed by atoms with Gasteiger partial charge in [-0.05, 0) is 26.3 Å². The van der Waals surface area contributed by atoms with E-state index in [1.807, 2.05) is 18.5 Å². The summed E-state index contributed by atoms with van der Waals surface area (Å²) in [5.41, 5.74) is 3.48. The lowest BCUT2D eigenvalue weighted by atomic mass is 10.1. The second-order valence-corrected chi connectivity index (χ2v) is 5.18. The molecule has 2 heterocycles. The SMILES string of the molecule is CCCn1nc(C)c(-c2cc(C(=O)O)cs2)c1C. The van der Waals surface area contributed by atoms with Crippen molar-refractivity contribution in [1.82, 2.24) is 9.78 Å². The summed E-state index contributed by atoms with van der Waals surface area (Å²) in [4.78, 5) is 11.9. The third kappa shape index (κ3) is 2.18. The van der Waals surface area contributed by atoms with E-state index in [9.17, 15) is 4.79 Å². The van der Waals surface area contributed by atoms with Crippen molar-refractivity contribution in [3.05, 3.63) is 28.4 Å². The van der Waals surface area contributed by atoms with Gasteiger partial charge in [0.25, 0.3) is 0 Å². The summed E-state index contributed by atoms with van der Waals surface area (Å²) in [6.45, 7) is 7.01. The van der Waals surface area contributed by atoms with Crippen molar-refractivity contribution >= 4 is 17.3 Å². The summed E-state index contributed by atoms with van der Waals surface area (Å²) in [7, 11) is 0. The van der Waals surface area contributed by atoms with Crippen LogP contribution < -0.4 is 0 Å². The topological polar surface area (TPSA) is 55.1 Å². The molecular formula is C13H16N2O2S. The van der Waals surface area contributed by atoms with Gasteiger partial charge in [-0.1, -0.05) is 6.92 Å².